The summed E-state index contributed by atoms with van der Waals surface area (Å²) in [6.45, 7) is 0. The first-order chi connectivity index (χ1) is 4.50. The van der Waals surface area contributed by atoms with Crippen LogP contribution in [0.15, 0.2) is 11.2 Å². The van der Waals surface area contributed by atoms with Crippen molar-refractivity contribution >= 4 is 10.0 Å². The maximum absolute atomic E-state index is 10.5. The molecule has 1 heterocycles. The molecule has 0 saturated carbocycles. The number of hydrogen-bond acceptors (Lipinski definition) is 4. The van der Waals surface area contributed by atoms with E-state index in [2.05, 4.69) is 10.2 Å². The van der Waals surface area contributed by atoms with Crippen LogP contribution >= 0.6 is 0 Å². The maximum Gasteiger partial charge on any atom is 0.259 e. The number of hydrogen-bond donors (Lipinski definition) is 1. The average molecular weight is 162 g/mol. The van der Waals surface area contributed by atoms with Crippen LogP contribution in [0.1, 0.15) is 0 Å². The van der Waals surface area contributed by atoms with Crippen molar-refractivity contribution in [1.82, 2.24) is 15.0 Å². The molecule has 6 nitrogen and oxygen atoms in total. The molecule has 2 N–H and O–H groups in total. The molecule has 1 aromatic heterocycles. The second-order valence-corrected chi connectivity index (χ2v) is 3.23. The predicted molar refractivity (Wildman–Crippen MR) is 32.4 cm³/mol. The minimum Gasteiger partial charge on any atom is -0.223 e. The molecule has 0 spiro atoms. The highest BCUT2D eigenvalue weighted by molar-refractivity contribution is 7.89. The van der Waals surface area contributed by atoms with E-state index in [-0.39, 0.29) is 5.03 Å². The van der Waals surface area contributed by atoms with Crippen molar-refractivity contribution < 1.29 is 8.42 Å². The molecule has 0 unspecified atom stereocenters. The quantitative estimate of drug-likeness (QED) is 0.542. The normalized spacial score (nSPS) is 11.8. The van der Waals surface area contributed by atoms with Gasteiger partial charge in [0.25, 0.3) is 10.0 Å². The van der Waals surface area contributed by atoms with E-state index < -0.39 is 10.0 Å². The zero-order valence-electron chi connectivity index (χ0n) is 5.22. The Hall–Kier alpha value is -0.950. The zero-order chi connectivity index (χ0) is 7.78. The lowest BCUT2D eigenvalue weighted by atomic mass is 11.0. The lowest BCUT2D eigenvalue weighted by molar-refractivity contribution is 0.585. The Morgan fingerprint density at radius 1 is 1.70 bits per heavy atom. The summed E-state index contributed by atoms with van der Waals surface area (Å²) in [5, 5.41) is 11.5. The van der Waals surface area contributed by atoms with Gasteiger partial charge in [-0.25, -0.2) is 13.6 Å². The van der Waals surface area contributed by atoms with Gasteiger partial charge < -0.3 is 0 Å². The number of nitrogens with two attached hydrogens (primary N) is 1. The third-order valence-corrected chi connectivity index (χ3v) is 1.64. The molecule has 0 atom stereocenters. The zero-order valence-corrected chi connectivity index (χ0v) is 6.04. The van der Waals surface area contributed by atoms with Gasteiger partial charge in [0, 0.05) is 7.05 Å². The minimum atomic E-state index is -3.68. The van der Waals surface area contributed by atoms with E-state index in [1.807, 2.05) is 0 Å². The molecular weight excluding hydrogens is 156 g/mol. The predicted octanol–water partition coefficient (Wildman–Crippen LogP) is -1.54. The highest BCUT2D eigenvalue weighted by Crippen LogP contribution is 1.96. The van der Waals surface area contributed by atoms with Crippen molar-refractivity contribution in [3.8, 4) is 0 Å². The Morgan fingerprint density at radius 3 is 2.50 bits per heavy atom. The molecule has 10 heavy (non-hydrogen) atoms. The van der Waals surface area contributed by atoms with Crippen molar-refractivity contribution in [2.75, 3.05) is 0 Å². The molecule has 0 aromatic carbocycles. The summed E-state index contributed by atoms with van der Waals surface area (Å²) >= 11 is 0. The lowest BCUT2D eigenvalue weighted by Gasteiger charge is -1.85. The molecule has 0 saturated heterocycles. The molecule has 0 amide bonds. The van der Waals surface area contributed by atoms with Gasteiger partial charge in [-0.05, 0) is 0 Å². The maximum atomic E-state index is 10.5. The fourth-order valence-corrected chi connectivity index (χ4v) is 0.884. The second kappa shape index (κ2) is 2.03. The van der Waals surface area contributed by atoms with E-state index in [0.717, 1.165) is 11.0 Å². The van der Waals surface area contributed by atoms with Crippen LogP contribution in [0.5, 0.6) is 0 Å². The van der Waals surface area contributed by atoms with Gasteiger partial charge in [0.15, 0.2) is 0 Å². The fraction of sp³-hybridized carbons (Fsp3) is 0.333. The van der Waals surface area contributed by atoms with E-state index in [1.165, 1.54) is 7.05 Å². The Labute approximate surface area is 57.7 Å². The van der Waals surface area contributed by atoms with E-state index in [4.69, 9.17) is 5.14 Å². The first kappa shape index (κ1) is 7.16. The highest BCUT2D eigenvalue weighted by Gasteiger charge is 2.10. The van der Waals surface area contributed by atoms with Crippen LogP contribution in [0.3, 0.4) is 0 Å². The van der Waals surface area contributed by atoms with Gasteiger partial charge in [-0.1, -0.05) is 0 Å². The summed E-state index contributed by atoms with van der Waals surface area (Å²) in [6.07, 6.45) is 1.09. The van der Waals surface area contributed by atoms with Crippen LogP contribution in [0.2, 0.25) is 0 Å². The van der Waals surface area contributed by atoms with E-state index in [1.54, 1.807) is 0 Å². The Balaban J connectivity index is 3.21. The molecular formula is C3H6N4O2S. The molecule has 7 heteroatoms. The van der Waals surface area contributed by atoms with Crippen LogP contribution in [0.4, 0.5) is 0 Å². The van der Waals surface area contributed by atoms with Gasteiger partial charge in [0.1, 0.15) is 0 Å². The van der Waals surface area contributed by atoms with Gasteiger partial charge in [0.2, 0.25) is 5.03 Å². The van der Waals surface area contributed by atoms with Crippen molar-refractivity contribution in [1.29, 1.82) is 0 Å². The Bertz CT molecular complexity index is 326. The molecule has 56 valence electrons. The molecule has 1 aromatic rings. The number of aromatic nitrogens is 3. The van der Waals surface area contributed by atoms with Crippen molar-refractivity contribution in [2.24, 2.45) is 12.2 Å². The van der Waals surface area contributed by atoms with E-state index in [0.29, 0.717) is 0 Å². The number of aryl methyl sites for hydroxylation is 1. The molecule has 1 rings (SSSR count). The summed E-state index contributed by atoms with van der Waals surface area (Å²) in [5.74, 6) is 0. The van der Waals surface area contributed by atoms with Gasteiger partial charge in [-0.2, -0.15) is 9.90 Å². The molecule has 0 bridgehead atoms. The summed E-state index contributed by atoms with van der Waals surface area (Å²) in [4.78, 5) is 1.12. The second-order valence-electron chi connectivity index (χ2n) is 1.72. The molecule has 0 fully saturated rings. The van der Waals surface area contributed by atoms with Crippen LogP contribution in [-0.4, -0.2) is 23.4 Å². The Morgan fingerprint density at radius 2 is 2.30 bits per heavy atom. The fourth-order valence-electron chi connectivity index (χ4n) is 0.458. The average Bonchev–Trinajstić information content (AvgIpc) is 2.11. The first-order valence-electron chi connectivity index (χ1n) is 2.39. The SMILES string of the molecule is Cn1ncc(S(N)(=O)=O)n1. The molecule has 0 aliphatic carbocycles. The first-order valence-corrected chi connectivity index (χ1v) is 3.94. The Kier molecular flexibility index (Phi) is 1.45. The molecule has 0 aliphatic heterocycles. The molecule has 0 aliphatic rings. The van der Waals surface area contributed by atoms with Crippen LogP contribution in [0, 0.1) is 0 Å². The highest BCUT2D eigenvalue weighted by atomic mass is 32.2. The summed E-state index contributed by atoms with van der Waals surface area (Å²) in [7, 11) is -2.17. The minimum absolute atomic E-state index is 0.213. The van der Waals surface area contributed by atoms with Crippen LogP contribution < -0.4 is 5.14 Å². The summed E-state index contributed by atoms with van der Waals surface area (Å²) in [6, 6.07) is 0. The third kappa shape index (κ3) is 1.31. The number of primary sulfonamides is 1. The summed E-state index contributed by atoms with van der Waals surface area (Å²) < 4.78 is 21.0. The van der Waals surface area contributed by atoms with Crippen LogP contribution in [0.25, 0.3) is 0 Å². The lowest BCUT2D eigenvalue weighted by Crippen LogP contribution is -2.13. The summed E-state index contributed by atoms with van der Waals surface area (Å²) in [5.41, 5.74) is 0. The molecule has 0 radical (unpaired) electrons. The van der Waals surface area contributed by atoms with Gasteiger partial charge in [-0.3, -0.25) is 0 Å². The topological polar surface area (TPSA) is 90.9 Å². The smallest absolute Gasteiger partial charge is 0.223 e. The van der Waals surface area contributed by atoms with E-state index in [9.17, 15) is 8.42 Å². The van der Waals surface area contributed by atoms with Gasteiger partial charge in [0.05, 0.1) is 6.20 Å². The number of sulfonamides is 1. The monoisotopic (exact) mass is 162 g/mol. The number of rotatable bonds is 1. The largest absolute Gasteiger partial charge is 0.259 e. The van der Waals surface area contributed by atoms with Crippen molar-refractivity contribution in [3.05, 3.63) is 6.20 Å². The van der Waals surface area contributed by atoms with Gasteiger partial charge >= 0.3 is 0 Å². The van der Waals surface area contributed by atoms with Crippen LogP contribution in [-0.2, 0) is 17.1 Å². The standard InChI is InChI=1S/C3H6N4O2S/c1-7-5-2-3(6-7)10(4,8)9/h2H,1H3,(H2,4,8,9). The van der Waals surface area contributed by atoms with Crippen molar-refractivity contribution in [2.45, 2.75) is 5.03 Å². The number of nitrogens with zero attached hydrogens (tertiary/aromatic N) is 3. The van der Waals surface area contributed by atoms with Gasteiger partial charge in [-0.15, -0.1) is 5.10 Å². The van der Waals surface area contributed by atoms with Crippen molar-refractivity contribution in [3.63, 3.8) is 0 Å². The third-order valence-electron chi connectivity index (χ3n) is 0.870. The van der Waals surface area contributed by atoms with E-state index >= 15 is 0 Å².